The molecule has 0 aliphatic carbocycles. The van der Waals surface area contributed by atoms with Crippen molar-refractivity contribution in [2.45, 2.75) is 51.5 Å². The average molecular weight is 445 g/mol. The maximum Gasteiger partial charge on any atom is 0.417 e. The maximum absolute atomic E-state index is 13.4. The fourth-order valence-corrected chi connectivity index (χ4v) is 4.08. The number of carbonyl (C=O) groups excluding carboxylic acids is 1. The number of piperazine rings is 1. The number of nitrogens with zero attached hydrogens (tertiary/aromatic N) is 3. The van der Waals surface area contributed by atoms with Crippen LogP contribution in [0.15, 0.2) is 48.5 Å². The van der Waals surface area contributed by atoms with E-state index in [-0.39, 0.29) is 18.1 Å². The summed E-state index contributed by atoms with van der Waals surface area (Å²) in [6, 6.07) is 14.4. The van der Waals surface area contributed by atoms with Crippen LogP contribution >= 0.6 is 0 Å². The number of amides is 2. The van der Waals surface area contributed by atoms with E-state index in [4.69, 9.17) is 5.26 Å². The molecule has 1 N–H and O–H groups in total. The molecule has 0 spiro atoms. The second-order valence-electron chi connectivity index (χ2n) is 8.76. The largest absolute Gasteiger partial charge is 0.417 e. The van der Waals surface area contributed by atoms with Crippen LogP contribution in [0.4, 0.5) is 23.7 Å². The first-order chi connectivity index (χ1) is 14.9. The first-order valence-electron chi connectivity index (χ1n) is 10.5. The number of nitrogens with one attached hydrogen (secondary N) is 1. The summed E-state index contributed by atoms with van der Waals surface area (Å²) < 4.78 is 40.2. The van der Waals surface area contributed by atoms with E-state index >= 15 is 0 Å². The molecule has 0 unspecified atom stereocenters. The van der Waals surface area contributed by atoms with Gasteiger partial charge in [-0.1, -0.05) is 30.3 Å². The molecule has 1 saturated heterocycles. The number of carbonyl (C=O) groups is 1. The van der Waals surface area contributed by atoms with Crippen molar-refractivity contribution in [2.75, 3.05) is 18.0 Å². The molecule has 5 nitrogen and oxygen atoms in total. The number of rotatable bonds is 3. The molecule has 170 valence electrons. The number of hydrogen-bond donors (Lipinski definition) is 1. The molecule has 2 atom stereocenters. The monoisotopic (exact) mass is 444 g/mol. The van der Waals surface area contributed by atoms with Crippen LogP contribution in [0.25, 0.3) is 0 Å². The van der Waals surface area contributed by atoms with E-state index in [0.29, 0.717) is 18.8 Å². The summed E-state index contributed by atoms with van der Waals surface area (Å²) in [6.07, 6.45) is -4.61. The molecular weight excluding hydrogens is 417 g/mol. The van der Waals surface area contributed by atoms with Gasteiger partial charge in [0, 0.05) is 30.9 Å². The zero-order valence-electron chi connectivity index (χ0n) is 18.6. The Morgan fingerprint density at radius 3 is 2.31 bits per heavy atom. The van der Waals surface area contributed by atoms with Gasteiger partial charge in [-0.15, -0.1) is 0 Å². The molecule has 0 radical (unpaired) electrons. The third kappa shape index (κ3) is 4.82. The summed E-state index contributed by atoms with van der Waals surface area (Å²) in [6.45, 7) is 8.35. The summed E-state index contributed by atoms with van der Waals surface area (Å²) >= 11 is 0. The van der Waals surface area contributed by atoms with E-state index in [1.807, 2.05) is 62.9 Å². The summed E-state index contributed by atoms with van der Waals surface area (Å²) in [7, 11) is 0. The molecule has 0 bridgehead atoms. The highest BCUT2D eigenvalue weighted by Gasteiger charge is 2.37. The molecule has 2 amide bonds. The number of benzene rings is 2. The Bertz CT molecular complexity index is 1010. The van der Waals surface area contributed by atoms with E-state index in [2.05, 4.69) is 5.32 Å². The van der Waals surface area contributed by atoms with Crippen LogP contribution in [0.3, 0.4) is 0 Å². The van der Waals surface area contributed by atoms with Gasteiger partial charge in [0.1, 0.15) is 0 Å². The van der Waals surface area contributed by atoms with Gasteiger partial charge in [0.05, 0.1) is 22.7 Å². The van der Waals surface area contributed by atoms with Crippen molar-refractivity contribution in [3.05, 3.63) is 65.2 Å². The summed E-state index contributed by atoms with van der Waals surface area (Å²) in [5, 5.41) is 12.1. The molecule has 8 heteroatoms. The number of hydrogen-bond acceptors (Lipinski definition) is 3. The highest BCUT2D eigenvalue weighted by atomic mass is 19.4. The first-order valence-corrected chi connectivity index (χ1v) is 10.5. The molecular formula is C24H27F3N4O. The Labute approximate surface area is 186 Å². The molecule has 32 heavy (non-hydrogen) atoms. The number of nitriles is 1. The standard InChI is InChI=1S/C24H27F3N4O/c1-16-15-31(22(32)29-23(3,4)19-8-6-5-7-9-19)17(2)14-30(16)20-11-10-18(13-28)21(12-20)24(25,26)27/h5-12,16-17H,14-15H2,1-4H3,(H,29,32)/t16-,17+/m1/s1. The van der Waals surface area contributed by atoms with Crippen LogP contribution in [0.2, 0.25) is 0 Å². The van der Waals surface area contributed by atoms with Crippen molar-refractivity contribution in [1.82, 2.24) is 10.2 Å². The number of alkyl halides is 3. The zero-order chi connectivity index (χ0) is 23.7. The lowest BCUT2D eigenvalue weighted by molar-refractivity contribution is -0.137. The predicted molar refractivity (Wildman–Crippen MR) is 117 cm³/mol. The molecule has 2 aromatic carbocycles. The van der Waals surface area contributed by atoms with Gasteiger partial charge in [0.2, 0.25) is 0 Å². The predicted octanol–water partition coefficient (Wildman–Crippen LogP) is 5.12. The Balaban J connectivity index is 1.77. The van der Waals surface area contributed by atoms with Crippen molar-refractivity contribution < 1.29 is 18.0 Å². The van der Waals surface area contributed by atoms with Gasteiger partial charge in [-0.3, -0.25) is 0 Å². The Morgan fingerprint density at radius 2 is 1.72 bits per heavy atom. The second kappa shape index (κ2) is 8.73. The summed E-state index contributed by atoms with van der Waals surface area (Å²) in [5.74, 6) is 0. The summed E-state index contributed by atoms with van der Waals surface area (Å²) in [4.78, 5) is 16.6. The molecule has 3 rings (SSSR count). The van der Waals surface area contributed by atoms with E-state index < -0.39 is 22.8 Å². The molecule has 0 saturated carbocycles. The van der Waals surface area contributed by atoms with Gasteiger partial charge in [0.15, 0.2) is 0 Å². The number of anilines is 1. The van der Waals surface area contributed by atoms with Gasteiger partial charge in [-0.25, -0.2) is 4.79 Å². The quantitative estimate of drug-likeness (QED) is 0.715. The lowest BCUT2D eigenvalue weighted by Crippen LogP contribution is -2.61. The van der Waals surface area contributed by atoms with Crippen LogP contribution in [0, 0.1) is 11.3 Å². The fraction of sp³-hybridized carbons (Fsp3) is 0.417. The van der Waals surface area contributed by atoms with Gasteiger partial charge in [-0.05, 0) is 51.5 Å². The van der Waals surface area contributed by atoms with E-state index in [1.165, 1.54) is 12.1 Å². The fourth-order valence-electron chi connectivity index (χ4n) is 4.08. The second-order valence-corrected chi connectivity index (χ2v) is 8.76. The Kier molecular flexibility index (Phi) is 6.40. The average Bonchev–Trinajstić information content (AvgIpc) is 2.74. The van der Waals surface area contributed by atoms with Crippen molar-refractivity contribution in [2.24, 2.45) is 0 Å². The van der Waals surface area contributed by atoms with Crippen molar-refractivity contribution >= 4 is 11.7 Å². The molecule has 0 aromatic heterocycles. The van der Waals surface area contributed by atoms with Gasteiger partial charge in [0.25, 0.3) is 0 Å². The van der Waals surface area contributed by atoms with Crippen molar-refractivity contribution in [3.63, 3.8) is 0 Å². The Morgan fingerprint density at radius 1 is 1.06 bits per heavy atom. The number of halogens is 3. The van der Waals surface area contributed by atoms with Gasteiger partial charge < -0.3 is 15.1 Å². The van der Waals surface area contributed by atoms with Crippen LogP contribution in [0.1, 0.15) is 44.4 Å². The minimum atomic E-state index is -4.61. The van der Waals surface area contributed by atoms with Gasteiger partial charge in [-0.2, -0.15) is 18.4 Å². The highest BCUT2D eigenvalue weighted by Crippen LogP contribution is 2.35. The van der Waals surface area contributed by atoms with Crippen molar-refractivity contribution in [3.8, 4) is 6.07 Å². The van der Waals surface area contributed by atoms with E-state index in [0.717, 1.165) is 11.6 Å². The lowest BCUT2D eigenvalue weighted by Gasteiger charge is -2.46. The molecule has 1 aliphatic rings. The van der Waals surface area contributed by atoms with E-state index in [9.17, 15) is 18.0 Å². The zero-order valence-corrected chi connectivity index (χ0v) is 18.6. The lowest BCUT2D eigenvalue weighted by atomic mass is 9.94. The van der Waals surface area contributed by atoms with Crippen LogP contribution in [-0.4, -0.2) is 36.1 Å². The maximum atomic E-state index is 13.4. The molecule has 2 aromatic rings. The van der Waals surface area contributed by atoms with Crippen LogP contribution in [0.5, 0.6) is 0 Å². The molecule has 1 aliphatic heterocycles. The normalized spacial score (nSPS) is 19.4. The first kappa shape index (κ1) is 23.5. The minimum Gasteiger partial charge on any atom is -0.365 e. The summed E-state index contributed by atoms with van der Waals surface area (Å²) in [5.41, 5.74) is -0.553. The third-order valence-corrected chi connectivity index (χ3v) is 5.92. The third-order valence-electron chi connectivity index (χ3n) is 5.92. The Hall–Kier alpha value is -3.21. The van der Waals surface area contributed by atoms with Gasteiger partial charge >= 0.3 is 12.2 Å². The topological polar surface area (TPSA) is 59.4 Å². The highest BCUT2D eigenvalue weighted by molar-refractivity contribution is 5.76. The van der Waals surface area contributed by atoms with Crippen molar-refractivity contribution in [1.29, 1.82) is 5.26 Å². The van der Waals surface area contributed by atoms with Crippen LogP contribution < -0.4 is 10.2 Å². The smallest absolute Gasteiger partial charge is 0.365 e. The molecule has 1 heterocycles. The molecule has 1 fully saturated rings. The van der Waals surface area contributed by atoms with Crippen LogP contribution in [-0.2, 0) is 11.7 Å². The SMILES string of the molecule is C[C@@H]1CN(C(=O)NC(C)(C)c2ccccc2)[C@@H](C)CN1c1ccc(C#N)c(C(F)(F)F)c1. The minimum absolute atomic E-state index is 0.203. The number of urea groups is 1. The van der Waals surface area contributed by atoms with E-state index in [1.54, 1.807) is 11.0 Å².